The van der Waals surface area contributed by atoms with E-state index in [1.165, 1.54) is 11.1 Å². The number of aromatic nitrogens is 1. The van der Waals surface area contributed by atoms with Gasteiger partial charge in [0.25, 0.3) is 5.91 Å². The Morgan fingerprint density at radius 2 is 1.70 bits per heavy atom. The molecule has 1 aromatic heterocycles. The number of amides is 2. The molecule has 6 heteroatoms. The van der Waals surface area contributed by atoms with Gasteiger partial charge in [0.1, 0.15) is 5.76 Å². The van der Waals surface area contributed by atoms with E-state index in [0.717, 1.165) is 58.3 Å². The predicted octanol–water partition coefficient (Wildman–Crippen LogP) is 3.24. The first-order valence-electron chi connectivity index (χ1n) is 11.1. The molecule has 2 aromatic rings. The fourth-order valence-corrected chi connectivity index (χ4v) is 5.55. The summed E-state index contributed by atoms with van der Waals surface area (Å²) in [7, 11) is 0. The molecule has 3 heterocycles. The number of likely N-dealkylation sites (tertiary alicyclic amines) is 2. The van der Waals surface area contributed by atoms with Crippen molar-refractivity contribution in [3.05, 3.63) is 52.9 Å². The lowest BCUT2D eigenvalue weighted by atomic mass is 9.77. The minimum Gasteiger partial charge on any atom is -0.361 e. The van der Waals surface area contributed by atoms with Crippen LogP contribution in [0.1, 0.15) is 53.1 Å². The first-order valence-corrected chi connectivity index (χ1v) is 11.1. The van der Waals surface area contributed by atoms with Gasteiger partial charge in [-0.1, -0.05) is 29.4 Å². The highest BCUT2D eigenvalue weighted by Crippen LogP contribution is 2.41. The summed E-state index contributed by atoms with van der Waals surface area (Å²) in [4.78, 5) is 29.6. The van der Waals surface area contributed by atoms with Gasteiger partial charge in [0.15, 0.2) is 5.69 Å². The number of fused-ring (bicyclic) bond motifs is 1. The molecule has 2 saturated heterocycles. The molecule has 3 aliphatic rings. The Hall–Kier alpha value is -2.63. The Labute approximate surface area is 177 Å². The van der Waals surface area contributed by atoms with Gasteiger partial charge in [0.2, 0.25) is 5.91 Å². The van der Waals surface area contributed by atoms with Gasteiger partial charge in [0.05, 0.1) is 0 Å². The topological polar surface area (TPSA) is 66.7 Å². The van der Waals surface area contributed by atoms with E-state index >= 15 is 0 Å². The molecule has 30 heavy (non-hydrogen) atoms. The summed E-state index contributed by atoms with van der Waals surface area (Å²) in [5, 5.41) is 3.87. The van der Waals surface area contributed by atoms with E-state index in [0.29, 0.717) is 29.7 Å². The molecule has 0 bridgehead atoms. The van der Waals surface area contributed by atoms with E-state index in [1.807, 2.05) is 4.90 Å². The van der Waals surface area contributed by atoms with Gasteiger partial charge in [0, 0.05) is 38.7 Å². The van der Waals surface area contributed by atoms with Crippen molar-refractivity contribution >= 4 is 11.8 Å². The highest BCUT2D eigenvalue weighted by Gasteiger charge is 2.43. The largest absolute Gasteiger partial charge is 0.361 e. The third-order valence-electron chi connectivity index (χ3n) is 7.35. The molecule has 2 aliphatic heterocycles. The van der Waals surface area contributed by atoms with Crippen LogP contribution in [0.3, 0.4) is 0 Å². The van der Waals surface area contributed by atoms with E-state index in [4.69, 9.17) is 4.52 Å². The van der Waals surface area contributed by atoms with Crippen molar-refractivity contribution < 1.29 is 14.1 Å². The Morgan fingerprint density at radius 3 is 2.30 bits per heavy atom. The first kappa shape index (κ1) is 19.3. The molecule has 2 amide bonds. The zero-order chi connectivity index (χ0) is 20.7. The van der Waals surface area contributed by atoms with Crippen molar-refractivity contribution in [1.29, 1.82) is 0 Å². The summed E-state index contributed by atoms with van der Waals surface area (Å²) in [6, 6.07) is 10.3. The third-order valence-corrected chi connectivity index (χ3v) is 7.35. The molecule has 5 rings (SSSR count). The van der Waals surface area contributed by atoms with Gasteiger partial charge in [-0.15, -0.1) is 0 Å². The second kappa shape index (κ2) is 7.56. The van der Waals surface area contributed by atoms with Crippen molar-refractivity contribution in [2.24, 2.45) is 11.3 Å². The second-order valence-corrected chi connectivity index (χ2v) is 9.43. The number of benzene rings is 1. The van der Waals surface area contributed by atoms with Crippen LogP contribution in [-0.4, -0.2) is 52.9 Å². The predicted molar refractivity (Wildman–Crippen MR) is 112 cm³/mol. The van der Waals surface area contributed by atoms with Crippen LogP contribution < -0.4 is 0 Å². The van der Waals surface area contributed by atoms with Crippen LogP contribution in [0.25, 0.3) is 0 Å². The number of hydrogen-bond donors (Lipinski definition) is 0. The number of carbonyl (C=O) groups excluding carboxylic acids is 2. The van der Waals surface area contributed by atoms with Crippen molar-refractivity contribution in [3.8, 4) is 0 Å². The van der Waals surface area contributed by atoms with Crippen molar-refractivity contribution in [3.63, 3.8) is 0 Å². The molecule has 6 nitrogen and oxygen atoms in total. The van der Waals surface area contributed by atoms with E-state index in [1.54, 1.807) is 13.0 Å². The highest BCUT2D eigenvalue weighted by molar-refractivity contribution is 5.92. The SMILES string of the molecule is Cc1cc(C(=O)N2CCC3(CCN(C(=O)CC4Cc5ccccc5C4)CC3)C2)no1. The minimum atomic E-state index is -0.0389. The summed E-state index contributed by atoms with van der Waals surface area (Å²) in [5.74, 6) is 1.36. The molecule has 158 valence electrons. The molecule has 0 N–H and O–H groups in total. The molecule has 0 radical (unpaired) electrons. The van der Waals surface area contributed by atoms with E-state index in [2.05, 4.69) is 34.3 Å². The van der Waals surface area contributed by atoms with Gasteiger partial charge >= 0.3 is 0 Å². The van der Waals surface area contributed by atoms with Gasteiger partial charge < -0.3 is 14.3 Å². The molecule has 0 saturated carbocycles. The van der Waals surface area contributed by atoms with Gasteiger partial charge in [-0.05, 0) is 61.5 Å². The highest BCUT2D eigenvalue weighted by atomic mass is 16.5. The van der Waals surface area contributed by atoms with Crippen LogP contribution in [0.2, 0.25) is 0 Å². The number of hydrogen-bond acceptors (Lipinski definition) is 4. The normalized spacial score (nSPS) is 20.7. The molecule has 1 aliphatic carbocycles. The Bertz CT molecular complexity index is 933. The Kier molecular flexibility index (Phi) is 4.88. The number of rotatable bonds is 3. The zero-order valence-corrected chi connectivity index (χ0v) is 17.6. The summed E-state index contributed by atoms with van der Waals surface area (Å²) < 4.78 is 5.06. The number of piperidine rings is 1. The maximum atomic E-state index is 12.9. The molecular weight excluding hydrogens is 378 g/mol. The van der Waals surface area contributed by atoms with Crippen molar-refractivity contribution in [2.75, 3.05) is 26.2 Å². The third kappa shape index (κ3) is 3.64. The van der Waals surface area contributed by atoms with E-state index < -0.39 is 0 Å². The standard InChI is InChI=1S/C24H29N3O3/c1-17-12-21(25-30-17)23(29)27-11-8-24(16-27)6-9-26(10-7-24)22(28)15-18-13-19-4-2-3-5-20(19)14-18/h2-5,12,18H,6-11,13-16H2,1H3. The number of carbonyl (C=O) groups is 2. The smallest absolute Gasteiger partial charge is 0.276 e. The summed E-state index contributed by atoms with van der Waals surface area (Å²) in [6.07, 6.45) is 5.67. The lowest BCUT2D eigenvalue weighted by Crippen LogP contribution is -2.45. The molecule has 1 aromatic carbocycles. The molecule has 0 atom stereocenters. The van der Waals surface area contributed by atoms with Gasteiger partial charge in [-0.3, -0.25) is 9.59 Å². The van der Waals surface area contributed by atoms with Crippen LogP contribution in [0.15, 0.2) is 34.9 Å². The van der Waals surface area contributed by atoms with Gasteiger partial charge in [-0.2, -0.15) is 0 Å². The van der Waals surface area contributed by atoms with Crippen LogP contribution >= 0.6 is 0 Å². The fraction of sp³-hybridized carbons (Fsp3) is 0.542. The maximum absolute atomic E-state index is 12.9. The number of aryl methyl sites for hydroxylation is 1. The average Bonchev–Trinajstić information content (AvgIpc) is 3.46. The molecule has 1 spiro atoms. The lowest BCUT2D eigenvalue weighted by molar-refractivity contribution is -0.134. The van der Waals surface area contributed by atoms with E-state index in [-0.39, 0.29) is 11.3 Å². The number of nitrogens with zero attached hydrogens (tertiary/aromatic N) is 3. The minimum absolute atomic E-state index is 0.0389. The quantitative estimate of drug-likeness (QED) is 0.783. The van der Waals surface area contributed by atoms with Crippen LogP contribution in [0, 0.1) is 18.3 Å². The van der Waals surface area contributed by atoms with Crippen LogP contribution in [0.4, 0.5) is 0 Å². The molecule has 2 fully saturated rings. The summed E-state index contributed by atoms with van der Waals surface area (Å²) >= 11 is 0. The monoisotopic (exact) mass is 407 g/mol. The Balaban J connectivity index is 1.13. The average molecular weight is 408 g/mol. The summed E-state index contributed by atoms with van der Waals surface area (Å²) in [5.41, 5.74) is 3.36. The lowest BCUT2D eigenvalue weighted by Gasteiger charge is -2.39. The second-order valence-electron chi connectivity index (χ2n) is 9.43. The van der Waals surface area contributed by atoms with Crippen LogP contribution in [0.5, 0.6) is 0 Å². The zero-order valence-electron chi connectivity index (χ0n) is 17.6. The maximum Gasteiger partial charge on any atom is 0.276 e. The Morgan fingerprint density at radius 1 is 1.07 bits per heavy atom. The summed E-state index contributed by atoms with van der Waals surface area (Å²) in [6.45, 7) is 4.94. The first-order chi connectivity index (χ1) is 14.5. The van der Waals surface area contributed by atoms with E-state index in [9.17, 15) is 9.59 Å². The fourth-order valence-electron chi connectivity index (χ4n) is 5.55. The molecular formula is C24H29N3O3. The van der Waals surface area contributed by atoms with Crippen molar-refractivity contribution in [2.45, 2.75) is 45.4 Å². The van der Waals surface area contributed by atoms with Gasteiger partial charge in [-0.25, -0.2) is 0 Å². The van der Waals surface area contributed by atoms with Crippen LogP contribution in [-0.2, 0) is 17.6 Å². The van der Waals surface area contributed by atoms with Crippen molar-refractivity contribution in [1.82, 2.24) is 15.0 Å². The molecule has 0 unspecified atom stereocenters.